The fraction of sp³-hybridized carbons (Fsp3) is 0.385. The number of carbonyl (C=O) groups excluding carboxylic acids is 2. The molecule has 1 aromatic carbocycles. The second-order valence-electron chi connectivity index (χ2n) is 4.18. The van der Waals surface area contributed by atoms with E-state index in [9.17, 15) is 9.59 Å². The van der Waals surface area contributed by atoms with Gasteiger partial charge in [-0.1, -0.05) is 0 Å². The summed E-state index contributed by atoms with van der Waals surface area (Å²) in [6.45, 7) is 2.10. The van der Waals surface area contributed by atoms with Crippen LogP contribution in [0.15, 0.2) is 22.7 Å². The molecule has 96 valence electrons. The maximum atomic E-state index is 11.6. The van der Waals surface area contributed by atoms with E-state index in [4.69, 9.17) is 4.74 Å². The lowest BCUT2D eigenvalue weighted by molar-refractivity contribution is -0.117. The number of ether oxygens (including phenoxy) is 1. The monoisotopic (exact) mass is 311 g/mol. The van der Waals surface area contributed by atoms with Crippen LogP contribution in [0.4, 0.5) is 5.69 Å². The lowest BCUT2D eigenvalue weighted by Crippen LogP contribution is -2.14. The molecule has 0 atom stereocenters. The van der Waals surface area contributed by atoms with Gasteiger partial charge in [-0.15, -0.1) is 0 Å². The fourth-order valence-corrected chi connectivity index (χ4v) is 2.02. The number of nitrogens with one attached hydrogen (secondary N) is 1. The van der Waals surface area contributed by atoms with Crippen LogP contribution in [-0.4, -0.2) is 18.5 Å². The number of amides is 1. The molecule has 2 rings (SSSR count). The Bertz CT molecular complexity index is 483. The van der Waals surface area contributed by atoms with Crippen molar-refractivity contribution in [1.29, 1.82) is 0 Å². The van der Waals surface area contributed by atoms with Gasteiger partial charge in [0, 0.05) is 10.4 Å². The first-order valence-corrected chi connectivity index (χ1v) is 6.68. The zero-order chi connectivity index (χ0) is 13.1. The van der Waals surface area contributed by atoms with Crippen molar-refractivity contribution in [2.45, 2.75) is 19.8 Å². The molecule has 5 heteroatoms. The highest BCUT2D eigenvalue weighted by Crippen LogP contribution is 2.32. The molecule has 1 N–H and O–H groups in total. The first kappa shape index (κ1) is 13.1. The maximum Gasteiger partial charge on any atom is 0.338 e. The minimum atomic E-state index is -0.363. The van der Waals surface area contributed by atoms with Gasteiger partial charge in [-0.2, -0.15) is 0 Å². The molecule has 1 aromatic rings. The first-order valence-electron chi connectivity index (χ1n) is 5.89. The normalized spacial score (nSPS) is 14.1. The summed E-state index contributed by atoms with van der Waals surface area (Å²) in [5.41, 5.74) is 1.15. The minimum absolute atomic E-state index is 0.0413. The van der Waals surface area contributed by atoms with E-state index in [0.29, 0.717) is 22.3 Å². The summed E-state index contributed by atoms with van der Waals surface area (Å²) in [6.07, 6.45) is 1.93. The number of hydrogen-bond acceptors (Lipinski definition) is 3. The van der Waals surface area contributed by atoms with Crippen molar-refractivity contribution in [3.8, 4) is 0 Å². The summed E-state index contributed by atoms with van der Waals surface area (Å²) >= 11 is 3.34. The predicted octanol–water partition coefficient (Wildman–Crippen LogP) is 2.97. The third-order valence-electron chi connectivity index (χ3n) is 2.69. The van der Waals surface area contributed by atoms with Crippen molar-refractivity contribution < 1.29 is 14.3 Å². The van der Waals surface area contributed by atoms with Gasteiger partial charge in [0.25, 0.3) is 0 Å². The Hall–Kier alpha value is -1.36. The van der Waals surface area contributed by atoms with Gasteiger partial charge in [-0.25, -0.2) is 4.79 Å². The number of halogens is 1. The van der Waals surface area contributed by atoms with Gasteiger partial charge >= 0.3 is 5.97 Å². The summed E-state index contributed by atoms with van der Waals surface area (Å²) in [5, 5.41) is 2.83. The van der Waals surface area contributed by atoms with Crippen LogP contribution >= 0.6 is 15.9 Å². The molecular formula is C13H14BrNO3. The zero-order valence-corrected chi connectivity index (χ0v) is 11.6. The van der Waals surface area contributed by atoms with Crippen LogP contribution in [0.2, 0.25) is 0 Å². The average Bonchev–Trinajstić information content (AvgIpc) is 3.16. The summed E-state index contributed by atoms with van der Waals surface area (Å²) in [7, 11) is 0. The Morgan fingerprint density at radius 2 is 2.17 bits per heavy atom. The summed E-state index contributed by atoms with van der Waals surface area (Å²) < 4.78 is 5.59. The van der Waals surface area contributed by atoms with Crippen molar-refractivity contribution in [2.24, 2.45) is 5.92 Å². The second-order valence-corrected chi connectivity index (χ2v) is 5.03. The highest BCUT2D eigenvalue weighted by molar-refractivity contribution is 9.10. The van der Waals surface area contributed by atoms with Crippen LogP contribution in [0, 0.1) is 5.92 Å². The van der Waals surface area contributed by atoms with Gasteiger partial charge < -0.3 is 10.1 Å². The van der Waals surface area contributed by atoms with Crippen LogP contribution in [0.5, 0.6) is 0 Å². The Kier molecular flexibility index (Phi) is 4.01. The molecule has 0 spiro atoms. The van der Waals surface area contributed by atoms with Crippen LogP contribution in [-0.2, 0) is 9.53 Å². The van der Waals surface area contributed by atoms with E-state index < -0.39 is 0 Å². The van der Waals surface area contributed by atoms with E-state index in [-0.39, 0.29) is 17.8 Å². The molecule has 4 nitrogen and oxygen atoms in total. The number of hydrogen-bond donors (Lipinski definition) is 1. The number of esters is 1. The molecule has 0 saturated heterocycles. The van der Waals surface area contributed by atoms with E-state index in [2.05, 4.69) is 21.2 Å². The Morgan fingerprint density at radius 3 is 2.72 bits per heavy atom. The lowest BCUT2D eigenvalue weighted by Gasteiger charge is -2.08. The maximum absolute atomic E-state index is 11.6. The SMILES string of the molecule is CCOC(=O)c1ccc(NC(=O)C2CC2)c(Br)c1. The Morgan fingerprint density at radius 1 is 1.44 bits per heavy atom. The summed E-state index contributed by atoms with van der Waals surface area (Å²) in [6, 6.07) is 5.00. The molecule has 0 unspecified atom stereocenters. The molecule has 1 saturated carbocycles. The first-order chi connectivity index (χ1) is 8.61. The van der Waals surface area contributed by atoms with E-state index in [1.165, 1.54) is 0 Å². The molecular weight excluding hydrogens is 298 g/mol. The third-order valence-corrected chi connectivity index (χ3v) is 3.34. The van der Waals surface area contributed by atoms with Crippen molar-refractivity contribution in [3.05, 3.63) is 28.2 Å². The number of benzene rings is 1. The molecule has 1 aliphatic rings. The van der Waals surface area contributed by atoms with Gasteiger partial charge in [-0.3, -0.25) is 4.79 Å². The predicted molar refractivity (Wildman–Crippen MR) is 71.5 cm³/mol. The van der Waals surface area contributed by atoms with E-state index in [0.717, 1.165) is 12.8 Å². The molecule has 0 radical (unpaired) electrons. The van der Waals surface area contributed by atoms with E-state index in [1.807, 2.05) is 0 Å². The molecule has 1 aliphatic carbocycles. The molecule has 0 aliphatic heterocycles. The largest absolute Gasteiger partial charge is 0.462 e. The quantitative estimate of drug-likeness (QED) is 0.870. The molecule has 0 aromatic heterocycles. The topological polar surface area (TPSA) is 55.4 Å². The second kappa shape index (κ2) is 5.52. The molecule has 0 heterocycles. The molecule has 0 bridgehead atoms. The Balaban J connectivity index is 2.09. The number of rotatable bonds is 4. The highest BCUT2D eigenvalue weighted by atomic mass is 79.9. The van der Waals surface area contributed by atoms with E-state index >= 15 is 0 Å². The highest BCUT2D eigenvalue weighted by Gasteiger charge is 2.29. The zero-order valence-electron chi connectivity index (χ0n) is 10.0. The van der Waals surface area contributed by atoms with Crippen molar-refractivity contribution >= 4 is 33.5 Å². The van der Waals surface area contributed by atoms with Crippen molar-refractivity contribution in [3.63, 3.8) is 0 Å². The minimum Gasteiger partial charge on any atom is -0.462 e. The lowest BCUT2D eigenvalue weighted by atomic mass is 10.2. The van der Waals surface area contributed by atoms with Crippen LogP contribution < -0.4 is 5.32 Å². The van der Waals surface area contributed by atoms with E-state index in [1.54, 1.807) is 25.1 Å². The number of anilines is 1. The van der Waals surface area contributed by atoms with Gasteiger partial charge in [0.1, 0.15) is 0 Å². The van der Waals surface area contributed by atoms with Gasteiger partial charge in [0.2, 0.25) is 5.91 Å². The standard InChI is InChI=1S/C13H14BrNO3/c1-2-18-13(17)9-5-6-11(10(14)7-9)15-12(16)8-3-4-8/h5-8H,2-4H2,1H3,(H,15,16). The fourth-order valence-electron chi connectivity index (χ4n) is 1.54. The Labute approximate surface area is 114 Å². The summed E-state index contributed by atoms with van der Waals surface area (Å²) in [4.78, 5) is 23.1. The van der Waals surface area contributed by atoms with Crippen LogP contribution in [0.1, 0.15) is 30.1 Å². The smallest absolute Gasteiger partial charge is 0.338 e. The van der Waals surface area contributed by atoms with Crippen molar-refractivity contribution in [2.75, 3.05) is 11.9 Å². The third kappa shape index (κ3) is 3.10. The van der Waals surface area contributed by atoms with Crippen LogP contribution in [0.25, 0.3) is 0 Å². The van der Waals surface area contributed by atoms with Gasteiger partial charge in [-0.05, 0) is 53.9 Å². The summed E-state index contributed by atoms with van der Waals surface area (Å²) in [5.74, 6) is -0.167. The van der Waals surface area contributed by atoms with Gasteiger partial charge in [0.05, 0.1) is 17.9 Å². The van der Waals surface area contributed by atoms with Crippen LogP contribution in [0.3, 0.4) is 0 Å². The molecule has 1 amide bonds. The molecule has 18 heavy (non-hydrogen) atoms. The number of carbonyl (C=O) groups is 2. The van der Waals surface area contributed by atoms with Gasteiger partial charge in [0.15, 0.2) is 0 Å². The van der Waals surface area contributed by atoms with Crippen molar-refractivity contribution in [1.82, 2.24) is 0 Å². The molecule has 1 fully saturated rings. The average molecular weight is 312 g/mol.